The Balaban J connectivity index is 0.000000658. The number of thiazole rings is 1. The smallest absolute Gasteiger partial charge is 0.381 e. The highest BCUT2D eigenvalue weighted by Crippen LogP contribution is 2.26. The van der Waals surface area contributed by atoms with Crippen molar-refractivity contribution in [3.63, 3.8) is 0 Å². The zero-order chi connectivity index (χ0) is 26.5. The van der Waals surface area contributed by atoms with E-state index in [9.17, 15) is 9.90 Å². The Morgan fingerprint density at radius 3 is 2.42 bits per heavy atom. The van der Waals surface area contributed by atoms with Gasteiger partial charge in [-0.05, 0) is 65.7 Å². The van der Waals surface area contributed by atoms with Crippen molar-refractivity contribution < 1.29 is 57.7 Å². The molecule has 0 radical (unpaired) electrons. The van der Waals surface area contributed by atoms with Crippen LogP contribution in [0.15, 0.2) is 52.9 Å². The molecule has 11 nitrogen and oxygen atoms in total. The van der Waals surface area contributed by atoms with Gasteiger partial charge in [0.25, 0.3) is 0 Å². The first-order valence-electron chi connectivity index (χ1n) is 10.3. The lowest BCUT2D eigenvalue weighted by molar-refractivity contribution is -2.00. The summed E-state index contributed by atoms with van der Waals surface area (Å²) in [5.41, 5.74) is 2.04. The molecule has 2 aromatic heterocycles. The van der Waals surface area contributed by atoms with Crippen LogP contribution in [0.3, 0.4) is 0 Å². The maximum Gasteiger partial charge on any atom is 0.381 e. The third-order valence-corrected chi connectivity index (χ3v) is 5.68. The Morgan fingerprint density at radius 1 is 1.14 bits per heavy atom. The molecule has 190 valence electrons. The number of hydrogen-bond donors (Lipinski definition) is 2. The average molecular weight is 537 g/mol. The number of carbonyl (C=O) groups excluding carboxylic acids is 1. The van der Waals surface area contributed by atoms with Crippen LogP contribution in [-0.4, -0.2) is 29.8 Å². The number of nitrogens with one attached hydrogen (secondary N) is 1. The van der Waals surface area contributed by atoms with Gasteiger partial charge in [0.05, 0.1) is 19.1 Å². The van der Waals surface area contributed by atoms with Gasteiger partial charge in [0.15, 0.2) is 10.6 Å². The van der Waals surface area contributed by atoms with Crippen LogP contribution in [-0.2, 0) is 4.74 Å². The Bertz CT molecular complexity index is 1420. The fourth-order valence-corrected chi connectivity index (χ4v) is 4.00. The summed E-state index contributed by atoms with van der Waals surface area (Å²) in [4.78, 5) is 20.3. The van der Waals surface area contributed by atoms with Crippen LogP contribution in [0.4, 0.5) is 5.13 Å². The molecule has 0 bridgehead atoms. The first-order chi connectivity index (χ1) is 17.0. The highest BCUT2D eigenvalue weighted by atomic mass is 35.7. The van der Waals surface area contributed by atoms with E-state index in [-0.39, 0.29) is 5.75 Å². The quantitative estimate of drug-likeness (QED) is 0.278. The van der Waals surface area contributed by atoms with Gasteiger partial charge in [-0.25, -0.2) is 28.4 Å². The first-order valence-corrected chi connectivity index (χ1v) is 12.3. The Morgan fingerprint density at radius 2 is 1.81 bits per heavy atom. The van der Waals surface area contributed by atoms with E-state index in [1.54, 1.807) is 39.2 Å². The molecule has 0 fully saturated rings. The van der Waals surface area contributed by atoms with E-state index in [1.807, 2.05) is 30.3 Å². The molecule has 4 aromatic rings. The van der Waals surface area contributed by atoms with Gasteiger partial charge in [0.2, 0.25) is 0 Å². The second-order valence-corrected chi connectivity index (χ2v) is 8.85. The summed E-state index contributed by atoms with van der Waals surface area (Å²) in [7, 11) is -3.33. The van der Waals surface area contributed by atoms with Crippen molar-refractivity contribution in [2.24, 2.45) is 0 Å². The molecule has 0 aliphatic heterocycles. The van der Waals surface area contributed by atoms with E-state index < -0.39 is 16.2 Å². The summed E-state index contributed by atoms with van der Waals surface area (Å²) < 4.78 is 50.4. The van der Waals surface area contributed by atoms with Crippen LogP contribution < -0.4 is 33.7 Å². The number of benzene rings is 2. The number of halogens is 1. The third kappa shape index (κ3) is 7.24. The Labute approximate surface area is 210 Å². The molecule has 0 amide bonds. The van der Waals surface area contributed by atoms with E-state index in [2.05, 4.69) is 9.98 Å². The van der Waals surface area contributed by atoms with Gasteiger partial charge in [0.1, 0.15) is 28.2 Å². The molecule has 2 N–H and O–H groups in total. The minimum absolute atomic E-state index is 0.116. The minimum Gasteiger partial charge on any atom is -0.508 e. The van der Waals surface area contributed by atoms with Crippen LogP contribution in [0.1, 0.15) is 22.3 Å². The number of aryl methyl sites for hydroxylation is 1. The number of nitrogens with zero attached hydrogens (tertiary/aromatic N) is 1. The fraction of sp³-hybridized carbons (Fsp3) is 0.174. The number of methoxy groups -OCH3 is 1. The molecule has 0 aliphatic rings. The number of rotatable bonds is 5. The first kappa shape index (κ1) is 27.1. The molecule has 0 aliphatic carbocycles. The molecule has 0 unspecified atom stereocenters. The number of phenolic OH excluding ortho intramolecular Hbond substituents is 1. The molecule has 2 aromatic carbocycles. The van der Waals surface area contributed by atoms with Crippen molar-refractivity contribution in [1.82, 2.24) is 4.98 Å². The van der Waals surface area contributed by atoms with Gasteiger partial charge in [-0.15, -0.1) is 10.2 Å². The van der Waals surface area contributed by atoms with Gasteiger partial charge in [-0.2, -0.15) is 0 Å². The number of hydrogen-bond acceptors (Lipinski definition) is 11. The van der Waals surface area contributed by atoms with Crippen molar-refractivity contribution in [2.75, 3.05) is 13.7 Å². The minimum atomic E-state index is -4.94. The van der Waals surface area contributed by atoms with Crippen LogP contribution in [0, 0.1) is 17.2 Å². The maximum absolute atomic E-state index is 12.1. The normalized spacial score (nSPS) is 11.7. The van der Waals surface area contributed by atoms with Crippen LogP contribution >= 0.6 is 11.3 Å². The highest BCUT2D eigenvalue weighted by Gasteiger charge is 2.22. The number of aromatic hydroxyl groups is 1. The monoisotopic (exact) mass is 536 g/mol. The van der Waals surface area contributed by atoms with Crippen molar-refractivity contribution in [2.45, 2.75) is 13.8 Å². The predicted octanol–water partition coefficient (Wildman–Crippen LogP) is -1.69. The summed E-state index contributed by atoms with van der Waals surface area (Å²) in [6.45, 7) is 3.83. The van der Waals surface area contributed by atoms with E-state index in [0.717, 1.165) is 11.3 Å². The molecular formula is C23H21ClN2O9S. The summed E-state index contributed by atoms with van der Waals surface area (Å²) >= 11 is 1.22. The average Bonchev–Trinajstić information content (AvgIpc) is 3.18. The molecule has 13 heteroatoms. The summed E-state index contributed by atoms with van der Waals surface area (Å²) in [6.07, 6.45) is 0. The van der Waals surface area contributed by atoms with E-state index in [1.165, 1.54) is 11.3 Å². The largest absolute Gasteiger partial charge is 0.508 e. The molecular weight excluding hydrogens is 516 g/mol. The second-order valence-electron chi connectivity index (χ2n) is 7.09. The zero-order valence-electron chi connectivity index (χ0n) is 19.3. The van der Waals surface area contributed by atoms with Gasteiger partial charge >= 0.3 is 11.1 Å². The molecule has 0 saturated carbocycles. The van der Waals surface area contributed by atoms with Crippen LogP contribution in [0.2, 0.25) is 0 Å². The summed E-state index contributed by atoms with van der Waals surface area (Å²) in [5.74, 6) is 1.10. The Hall–Kier alpha value is -3.52. The maximum atomic E-state index is 12.1. The highest BCUT2D eigenvalue weighted by molar-refractivity contribution is 7.16. The molecule has 0 saturated heterocycles. The lowest BCUT2D eigenvalue weighted by atomic mass is 10.1. The summed E-state index contributed by atoms with van der Waals surface area (Å²) in [6, 6.07) is 14.2. The Kier molecular flexibility index (Phi) is 8.63. The van der Waals surface area contributed by atoms with Gasteiger partial charge in [-0.3, -0.25) is 0 Å². The number of phenols is 1. The van der Waals surface area contributed by atoms with Crippen LogP contribution in [0.25, 0.3) is 22.3 Å². The lowest BCUT2D eigenvalue weighted by Crippen LogP contribution is -2.70. The number of aromatic nitrogens is 1. The van der Waals surface area contributed by atoms with Crippen molar-refractivity contribution in [1.29, 1.82) is 0 Å². The standard InChI is InChI=1S/C23H20N2O5S.ClHO4/c1-4-29-22(27)21-13(2)24-23(31-21)25-18-12-20(14-5-8-16(28-3)9-6-14)30-19-10-7-15(26)11-17(18)19;2-1(3,4)5/h5-12,26H,4H2,1-3H3;(H,2,3,4,5)/b25-18+;. The van der Waals surface area contributed by atoms with Crippen molar-refractivity contribution in [3.05, 3.63) is 64.5 Å². The van der Waals surface area contributed by atoms with E-state index >= 15 is 0 Å². The van der Waals surface area contributed by atoms with Gasteiger partial charge < -0.3 is 19.0 Å². The van der Waals surface area contributed by atoms with Crippen molar-refractivity contribution in [3.8, 4) is 22.8 Å². The second kappa shape index (κ2) is 11.5. The molecule has 0 spiro atoms. The van der Waals surface area contributed by atoms with E-state index in [0.29, 0.717) is 44.4 Å². The topological polar surface area (TPSA) is 188 Å². The third-order valence-electron chi connectivity index (χ3n) is 4.62. The predicted molar refractivity (Wildman–Crippen MR) is 116 cm³/mol. The van der Waals surface area contributed by atoms with Crippen LogP contribution in [0.5, 0.6) is 11.5 Å². The molecule has 2 heterocycles. The zero-order valence-corrected chi connectivity index (χ0v) is 20.8. The van der Waals surface area contributed by atoms with Crippen molar-refractivity contribution >= 4 is 33.4 Å². The SMILES string of the molecule is CCOC(=O)c1sc(/[NH+]=c2\cc(-c3ccc(OC)cc3)oc3ccc(O)cc23)nc1C.[O-][Cl+3]([O-])([O-])[O-]. The van der Waals surface area contributed by atoms with Gasteiger partial charge in [0, 0.05) is 18.6 Å². The van der Waals surface area contributed by atoms with Gasteiger partial charge in [-0.1, -0.05) is 0 Å². The summed E-state index contributed by atoms with van der Waals surface area (Å²) in [5, 5.41) is 11.9. The number of ether oxygens (including phenoxy) is 2. The molecule has 4 rings (SSSR count). The van der Waals surface area contributed by atoms with E-state index in [4.69, 9.17) is 32.5 Å². The number of esters is 1. The fourth-order valence-electron chi connectivity index (χ4n) is 3.13. The molecule has 36 heavy (non-hydrogen) atoms. The number of fused-ring (bicyclic) bond motifs is 1. The number of carbonyl (C=O) groups is 1. The molecule has 0 atom stereocenters. The lowest BCUT2D eigenvalue weighted by Gasteiger charge is -2.17.